The highest BCUT2D eigenvalue weighted by molar-refractivity contribution is 7.90. The Labute approximate surface area is 175 Å². The van der Waals surface area contributed by atoms with Crippen LogP contribution in [0, 0.1) is 0 Å². The van der Waals surface area contributed by atoms with Crippen molar-refractivity contribution in [3.05, 3.63) is 54.6 Å². The van der Waals surface area contributed by atoms with Gasteiger partial charge in [-0.2, -0.15) is 15.0 Å². The number of hydrogen-bond donors (Lipinski definition) is 3. The van der Waals surface area contributed by atoms with Crippen LogP contribution in [0.1, 0.15) is 0 Å². The van der Waals surface area contributed by atoms with Crippen LogP contribution in [0.2, 0.25) is 0 Å². The molecule has 156 valence electrons. The molecule has 1 aromatic heterocycles. The molecule has 1 aliphatic rings. The molecule has 30 heavy (non-hydrogen) atoms. The summed E-state index contributed by atoms with van der Waals surface area (Å²) in [5.74, 6) is 1.31. The molecule has 2 aromatic carbocycles. The second-order valence-electron chi connectivity index (χ2n) is 6.94. The fourth-order valence-corrected chi connectivity index (χ4v) is 3.73. The van der Waals surface area contributed by atoms with Crippen LogP contribution in [0.4, 0.5) is 29.2 Å². The lowest BCUT2D eigenvalue weighted by Crippen LogP contribution is -2.44. The van der Waals surface area contributed by atoms with Gasteiger partial charge in [0.1, 0.15) is 0 Å². The number of benzene rings is 2. The van der Waals surface area contributed by atoms with Crippen LogP contribution in [-0.4, -0.2) is 55.8 Å². The van der Waals surface area contributed by atoms with Crippen molar-refractivity contribution in [3.63, 3.8) is 0 Å². The van der Waals surface area contributed by atoms with Crippen LogP contribution in [-0.2, 0) is 9.84 Å². The first kappa shape index (κ1) is 20.0. The van der Waals surface area contributed by atoms with Gasteiger partial charge in [-0.1, -0.05) is 24.3 Å². The van der Waals surface area contributed by atoms with E-state index in [2.05, 4.69) is 35.8 Å². The number of piperazine rings is 1. The van der Waals surface area contributed by atoms with Crippen LogP contribution in [0.3, 0.4) is 0 Å². The summed E-state index contributed by atoms with van der Waals surface area (Å²) in [6, 6.07) is 16.2. The van der Waals surface area contributed by atoms with Gasteiger partial charge in [0.15, 0.2) is 9.84 Å². The summed E-state index contributed by atoms with van der Waals surface area (Å²) in [5.41, 5.74) is 1.45. The van der Waals surface area contributed by atoms with Crippen molar-refractivity contribution in [2.45, 2.75) is 4.90 Å². The fraction of sp³-hybridized carbons (Fsp3) is 0.250. The van der Waals surface area contributed by atoms with E-state index in [0.717, 1.165) is 31.9 Å². The number of anilines is 5. The molecule has 2 heterocycles. The summed E-state index contributed by atoms with van der Waals surface area (Å²) < 4.78 is 23.7. The molecule has 3 N–H and O–H groups in total. The zero-order valence-corrected chi connectivity index (χ0v) is 17.4. The highest BCUT2D eigenvalue weighted by Gasteiger charge is 2.17. The molecular weight excluding hydrogens is 402 g/mol. The number of nitrogens with one attached hydrogen (secondary N) is 3. The van der Waals surface area contributed by atoms with Crippen LogP contribution in [0.25, 0.3) is 0 Å². The van der Waals surface area contributed by atoms with E-state index in [4.69, 9.17) is 0 Å². The highest BCUT2D eigenvalue weighted by Crippen LogP contribution is 2.22. The Morgan fingerprint density at radius 3 is 2.17 bits per heavy atom. The summed E-state index contributed by atoms with van der Waals surface area (Å²) in [4.78, 5) is 15.9. The molecule has 0 spiro atoms. The van der Waals surface area contributed by atoms with Crippen LogP contribution in [0.15, 0.2) is 59.5 Å². The fourth-order valence-electron chi connectivity index (χ4n) is 3.07. The Morgan fingerprint density at radius 2 is 1.50 bits per heavy atom. The van der Waals surface area contributed by atoms with Gasteiger partial charge in [-0.05, 0) is 30.3 Å². The summed E-state index contributed by atoms with van der Waals surface area (Å²) in [6.07, 6.45) is 1.18. The number of para-hydroxylation sites is 1. The first-order chi connectivity index (χ1) is 14.5. The minimum Gasteiger partial charge on any atom is -0.338 e. The highest BCUT2D eigenvalue weighted by atomic mass is 32.2. The van der Waals surface area contributed by atoms with E-state index in [9.17, 15) is 8.42 Å². The van der Waals surface area contributed by atoms with E-state index in [1.165, 1.54) is 6.26 Å². The Bertz CT molecular complexity index is 1120. The van der Waals surface area contributed by atoms with Gasteiger partial charge in [0.2, 0.25) is 17.8 Å². The van der Waals surface area contributed by atoms with E-state index in [0.29, 0.717) is 23.5 Å². The molecule has 3 aromatic rings. The second-order valence-corrected chi connectivity index (χ2v) is 8.95. The average molecular weight is 426 g/mol. The molecule has 0 radical (unpaired) electrons. The summed E-state index contributed by atoms with van der Waals surface area (Å²) in [5, 5.41) is 9.63. The minimum atomic E-state index is -3.31. The normalized spacial score (nSPS) is 14.4. The van der Waals surface area contributed by atoms with Crippen LogP contribution < -0.4 is 20.9 Å². The quantitative estimate of drug-likeness (QED) is 0.547. The molecule has 0 amide bonds. The van der Waals surface area contributed by atoms with E-state index < -0.39 is 9.84 Å². The number of rotatable bonds is 6. The van der Waals surface area contributed by atoms with E-state index in [1.807, 2.05) is 30.3 Å². The summed E-state index contributed by atoms with van der Waals surface area (Å²) in [6.45, 7) is 3.29. The molecule has 1 fully saturated rings. The molecule has 4 rings (SSSR count). The number of nitrogens with zero attached hydrogens (tertiary/aromatic N) is 4. The van der Waals surface area contributed by atoms with Gasteiger partial charge < -0.3 is 20.9 Å². The average Bonchev–Trinajstić information content (AvgIpc) is 2.74. The molecule has 1 saturated heterocycles. The molecular formula is C20H23N7O2S. The largest absolute Gasteiger partial charge is 0.338 e. The van der Waals surface area contributed by atoms with E-state index >= 15 is 0 Å². The number of hydrogen-bond acceptors (Lipinski definition) is 9. The minimum absolute atomic E-state index is 0.228. The SMILES string of the molecule is CS(=O)(=O)c1cccc(Nc2nc(Nc3ccccc3)nc(N3CCNCC3)n2)c1. The van der Waals surface area contributed by atoms with Crippen molar-refractivity contribution in [2.24, 2.45) is 0 Å². The van der Waals surface area contributed by atoms with Crippen LogP contribution >= 0.6 is 0 Å². The Morgan fingerprint density at radius 1 is 0.867 bits per heavy atom. The Hall–Kier alpha value is -3.24. The zero-order chi connectivity index (χ0) is 21.0. The lowest BCUT2D eigenvalue weighted by atomic mass is 10.3. The third-order valence-corrected chi connectivity index (χ3v) is 5.68. The van der Waals surface area contributed by atoms with E-state index in [-0.39, 0.29) is 4.90 Å². The van der Waals surface area contributed by atoms with Gasteiger partial charge in [-0.15, -0.1) is 0 Å². The maximum Gasteiger partial charge on any atom is 0.233 e. The second kappa shape index (κ2) is 8.64. The van der Waals surface area contributed by atoms with Gasteiger partial charge in [-0.3, -0.25) is 0 Å². The molecule has 9 nitrogen and oxygen atoms in total. The van der Waals surface area contributed by atoms with Crippen molar-refractivity contribution in [1.29, 1.82) is 0 Å². The number of aromatic nitrogens is 3. The molecule has 1 aliphatic heterocycles. The summed E-state index contributed by atoms with van der Waals surface area (Å²) >= 11 is 0. The molecule has 0 atom stereocenters. The molecule has 0 unspecified atom stereocenters. The summed E-state index contributed by atoms with van der Waals surface area (Å²) in [7, 11) is -3.31. The molecule has 10 heteroatoms. The predicted octanol–water partition coefficient (Wildman–Crippen LogP) is 2.17. The topological polar surface area (TPSA) is 112 Å². The lowest BCUT2D eigenvalue weighted by Gasteiger charge is -2.27. The number of sulfone groups is 1. The zero-order valence-electron chi connectivity index (χ0n) is 16.5. The van der Waals surface area contributed by atoms with Gasteiger partial charge in [0.05, 0.1) is 4.90 Å². The Kier molecular flexibility index (Phi) is 5.77. The standard InChI is InChI=1S/C20H23N7O2S/c1-30(28,29)17-9-5-8-16(14-17)23-19-24-18(22-15-6-3-2-4-7-15)25-20(26-19)27-12-10-21-11-13-27/h2-9,14,21H,10-13H2,1H3,(H2,22,23,24,25,26). The van der Waals surface area contributed by atoms with E-state index in [1.54, 1.807) is 24.3 Å². The molecule has 0 bridgehead atoms. The van der Waals surface area contributed by atoms with Gasteiger partial charge in [-0.25, -0.2) is 8.42 Å². The monoisotopic (exact) mass is 425 g/mol. The first-order valence-electron chi connectivity index (χ1n) is 9.58. The van der Waals surface area contributed by atoms with Crippen molar-refractivity contribution in [2.75, 3.05) is 48.0 Å². The van der Waals surface area contributed by atoms with Gasteiger partial charge in [0.25, 0.3) is 0 Å². The lowest BCUT2D eigenvalue weighted by molar-refractivity contribution is 0.579. The molecule has 0 saturated carbocycles. The third-order valence-electron chi connectivity index (χ3n) is 4.57. The first-order valence-corrected chi connectivity index (χ1v) is 11.5. The van der Waals surface area contributed by atoms with Crippen molar-refractivity contribution >= 4 is 39.1 Å². The molecule has 0 aliphatic carbocycles. The third kappa shape index (κ3) is 5.02. The van der Waals surface area contributed by atoms with Crippen LogP contribution in [0.5, 0.6) is 0 Å². The van der Waals surface area contributed by atoms with Crippen molar-refractivity contribution < 1.29 is 8.42 Å². The van der Waals surface area contributed by atoms with Gasteiger partial charge >= 0.3 is 0 Å². The maximum atomic E-state index is 11.9. The smallest absolute Gasteiger partial charge is 0.233 e. The van der Waals surface area contributed by atoms with Gasteiger partial charge in [0, 0.05) is 43.8 Å². The Balaban J connectivity index is 1.66. The van der Waals surface area contributed by atoms with Crippen molar-refractivity contribution in [3.8, 4) is 0 Å². The maximum absolute atomic E-state index is 11.9. The van der Waals surface area contributed by atoms with Crippen molar-refractivity contribution in [1.82, 2.24) is 20.3 Å². The predicted molar refractivity (Wildman–Crippen MR) is 117 cm³/mol.